The van der Waals surface area contributed by atoms with Crippen molar-refractivity contribution in [1.82, 2.24) is 10.2 Å². The van der Waals surface area contributed by atoms with Gasteiger partial charge in [-0.25, -0.2) is 0 Å². The quantitative estimate of drug-likeness (QED) is 0.869. The second-order valence-corrected chi connectivity index (χ2v) is 5.95. The maximum Gasteiger partial charge on any atom is 0.263 e. The van der Waals surface area contributed by atoms with Crippen LogP contribution in [-0.4, -0.2) is 35.7 Å². The van der Waals surface area contributed by atoms with E-state index in [1.165, 1.54) is 0 Å². The van der Waals surface area contributed by atoms with Crippen molar-refractivity contribution in [1.29, 1.82) is 0 Å². The zero-order valence-corrected chi connectivity index (χ0v) is 13.8. The number of carbonyl (C=O) groups excluding carboxylic acids is 3. The van der Waals surface area contributed by atoms with Crippen LogP contribution in [0.15, 0.2) is 42.5 Å². The van der Waals surface area contributed by atoms with Gasteiger partial charge in [-0.15, -0.1) is 0 Å². The fourth-order valence-corrected chi connectivity index (χ4v) is 2.84. The van der Waals surface area contributed by atoms with Crippen molar-refractivity contribution < 1.29 is 14.4 Å². The van der Waals surface area contributed by atoms with E-state index in [1.54, 1.807) is 30.3 Å². The summed E-state index contributed by atoms with van der Waals surface area (Å²) in [6.07, 6.45) is 0. The highest BCUT2D eigenvalue weighted by atomic mass is 35.5. The molecule has 2 aromatic carbocycles. The monoisotopic (exact) mass is 342 g/mol. The van der Waals surface area contributed by atoms with E-state index in [0.29, 0.717) is 11.1 Å². The third kappa shape index (κ3) is 2.90. The molecule has 0 fully saturated rings. The molecule has 0 aliphatic carbocycles. The predicted molar refractivity (Wildman–Crippen MR) is 90.3 cm³/mol. The van der Waals surface area contributed by atoms with Gasteiger partial charge in [-0.1, -0.05) is 35.4 Å². The number of rotatable bonds is 4. The Labute approximate surface area is 144 Å². The Balaban J connectivity index is 1.63. The number of amides is 3. The van der Waals surface area contributed by atoms with Crippen molar-refractivity contribution in [2.75, 3.05) is 13.1 Å². The summed E-state index contributed by atoms with van der Waals surface area (Å²) in [5, 5.41) is 2.97. The summed E-state index contributed by atoms with van der Waals surface area (Å²) in [4.78, 5) is 37.7. The van der Waals surface area contributed by atoms with Crippen molar-refractivity contribution in [3.8, 4) is 0 Å². The fraction of sp³-hybridized carbons (Fsp3) is 0.167. The van der Waals surface area contributed by atoms with Gasteiger partial charge in [0.1, 0.15) is 0 Å². The Morgan fingerprint density at radius 1 is 1.08 bits per heavy atom. The van der Waals surface area contributed by atoms with Crippen LogP contribution in [0.4, 0.5) is 0 Å². The number of carbonyl (C=O) groups is 3. The van der Waals surface area contributed by atoms with E-state index < -0.39 is 5.91 Å². The third-order valence-electron chi connectivity index (χ3n) is 3.88. The lowest BCUT2D eigenvalue weighted by molar-refractivity contribution is 0.0650. The highest BCUT2D eigenvalue weighted by Gasteiger charge is 2.36. The van der Waals surface area contributed by atoms with Gasteiger partial charge in [0, 0.05) is 18.7 Å². The Bertz CT molecular complexity index is 831. The zero-order valence-electron chi connectivity index (χ0n) is 13.0. The number of aryl methyl sites for hydroxylation is 1. The molecule has 0 unspecified atom stereocenters. The van der Waals surface area contributed by atoms with Gasteiger partial charge in [-0.05, 0) is 31.2 Å². The minimum Gasteiger partial charge on any atom is -0.350 e. The van der Waals surface area contributed by atoms with Crippen molar-refractivity contribution in [2.24, 2.45) is 0 Å². The SMILES string of the molecule is Cc1ccc(C(=O)NCCN2C(=O)c3cccc(Cl)c3C2=O)cc1. The van der Waals surface area contributed by atoms with Gasteiger partial charge >= 0.3 is 0 Å². The highest BCUT2D eigenvalue weighted by molar-refractivity contribution is 6.37. The minimum atomic E-state index is -0.426. The molecular weight excluding hydrogens is 328 g/mol. The molecule has 6 heteroatoms. The maximum absolute atomic E-state index is 12.3. The molecule has 0 saturated carbocycles. The Kier molecular flexibility index (Phi) is 4.36. The molecule has 1 heterocycles. The Hall–Kier alpha value is -2.66. The van der Waals surface area contributed by atoms with Crippen LogP contribution in [0.25, 0.3) is 0 Å². The van der Waals surface area contributed by atoms with E-state index in [0.717, 1.165) is 10.5 Å². The van der Waals surface area contributed by atoms with Gasteiger partial charge in [0.05, 0.1) is 16.1 Å². The molecule has 0 bridgehead atoms. The summed E-state index contributed by atoms with van der Waals surface area (Å²) < 4.78 is 0. The van der Waals surface area contributed by atoms with Crippen LogP contribution < -0.4 is 5.32 Å². The van der Waals surface area contributed by atoms with Crippen LogP contribution in [0, 0.1) is 6.92 Å². The normalized spacial score (nSPS) is 13.2. The molecule has 24 heavy (non-hydrogen) atoms. The number of benzene rings is 2. The molecule has 2 aromatic rings. The van der Waals surface area contributed by atoms with E-state index in [-0.39, 0.29) is 35.5 Å². The number of nitrogens with zero attached hydrogens (tertiary/aromatic N) is 1. The molecule has 1 aliphatic heterocycles. The van der Waals surface area contributed by atoms with Crippen LogP contribution in [0.1, 0.15) is 36.6 Å². The summed E-state index contributed by atoms with van der Waals surface area (Å²) in [5.41, 5.74) is 2.13. The lowest BCUT2D eigenvalue weighted by Crippen LogP contribution is -2.38. The summed E-state index contributed by atoms with van der Waals surface area (Å²) in [6, 6.07) is 11.9. The average molecular weight is 343 g/mol. The first-order chi connectivity index (χ1) is 11.5. The molecule has 0 aromatic heterocycles. The van der Waals surface area contributed by atoms with Crippen LogP contribution in [-0.2, 0) is 0 Å². The lowest BCUT2D eigenvalue weighted by Gasteiger charge is -2.14. The first-order valence-corrected chi connectivity index (χ1v) is 7.86. The summed E-state index contributed by atoms with van der Waals surface area (Å²) >= 11 is 6.00. The Morgan fingerprint density at radius 2 is 1.79 bits per heavy atom. The van der Waals surface area contributed by atoms with Crippen LogP contribution in [0.3, 0.4) is 0 Å². The molecule has 1 aliphatic rings. The zero-order chi connectivity index (χ0) is 17.3. The van der Waals surface area contributed by atoms with Gasteiger partial charge < -0.3 is 5.32 Å². The molecule has 1 N–H and O–H groups in total. The molecule has 3 amide bonds. The van der Waals surface area contributed by atoms with Gasteiger partial charge in [-0.2, -0.15) is 0 Å². The van der Waals surface area contributed by atoms with E-state index in [9.17, 15) is 14.4 Å². The smallest absolute Gasteiger partial charge is 0.263 e. The van der Waals surface area contributed by atoms with Crippen LogP contribution in [0.5, 0.6) is 0 Å². The second-order valence-electron chi connectivity index (χ2n) is 5.55. The molecule has 0 spiro atoms. The molecule has 0 atom stereocenters. The highest BCUT2D eigenvalue weighted by Crippen LogP contribution is 2.28. The molecule has 0 saturated heterocycles. The van der Waals surface area contributed by atoms with Crippen LogP contribution >= 0.6 is 11.6 Å². The van der Waals surface area contributed by atoms with E-state index in [2.05, 4.69) is 5.32 Å². The van der Waals surface area contributed by atoms with Crippen molar-refractivity contribution in [3.63, 3.8) is 0 Å². The van der Waals surface area contributed by atoms with Gasteiger partial charge in [0.15, 0.2) is 0 Å². The minimum absolute atomic E-state index is 0.0975. The number of halogens is 1. The number of hydrogen-bond donors (Lipinski definition) is 1. The largest absolute Gasteiger partial charge is 0.350 e. The number of imide groups is 1. The number of fused-ring (bicyclic) bond motifs is 1. The fourth-order valence-electron chi connectivity index (χ4n) is 2.58. The number of hydrogen-bond acceptors (Lipinski definition) is 3. The Morgan fingerprint density at radius 3 is 2.46 bits per heavy atom. The lowest BCUT2D eigenvalue weighted by atomic mass is 10.1. The van der Waals surface area contributed by atoms with Gasteiger partial charge in [0.2, 0.25) is 0 Å². The van der Waals surface area contributed by atoms with Crippen LogP contribution in [0.2, 0.25) is 5.02 Å². The standard InChI is InChI=1S/C18H15ClN2O3/c1-11-5-7-12(8-6-11)16(22)20-9-10-21-17(23)13-3-2-4-14(19)15(13)18(21)24/h2-8H,9-10H2,1H3,(H,20,22). The van der Waals surface area contributed by atoms with Crippen molar-refractivity contribution in [3.05, 3.63) is 69.7 Å². The molecule has 5 nitrogen and oxygen atoms in total. The topological polar surface area (TPSA) is 66.5 Å². The molecule has 3 rings (SSSR count). The van der Waals surface area contributed by atoms with Crippen molar-refractivity contribution >= 4 is 29.3 Å². The summed E-state index contributed by atoms with van der Waals surface area (Å²) in [6.45, 7) is 2.21. The molecule has 122 valence electrons. The predicted octanol–water partition coefficient (Wildman–Crippen LogP) is 2.67. The summed E-state index contributed by atoms with van der Waals surface area (Å²) in [5.74, 6) is -1.06. The van der Waals surface area contributed by atoms with Gasteiger partial charge in [-0.3, -0.25) is 19.3 Å². The molecule has 0 radical (unpaired) electrons. The van der Waals surface area contributed by atoms with E-state index >= 15 is 0 Å². The second kappa shape index (κ2) is 6.45. The van der Waals surface area contributed by atoms with Crippen molar-refractivity contribution in [2.45, 2.75) is 6.92 Å². The third-order valence-corrected chi connectivity index (χ3v) is 4.20. The van der Waals surface area contributed by atoms with E-state index in [1.807, 2.05) is 19.1 Å². The maximum atomic E-state index is 12.3. The van der Waals surface area contributed by atoms with Gasteiger partial charge in [0.25, 0.3) is 17.7 Å². The summed E-state index contributed by atoms with van der Waals surface area (Å²) in [7, 11) is 0. The average Bonchev–Trinajstić information content (AvgIpc) is 2.81. The first kappa shape index (κ1) is 16.2. The molecular formula is C18H15ClN2O3. The number of nitrogens with one attached hydrogen (secondary N) is 1. The first-order valence-electron chi connectivity index (χ1n) is 7.48. The van der Waals surface area contributed by atoms with E-state index in [4.69, 9.17) is 11.6 Å².